The number of unbranched alkanes of at least 4 members (excludes halogenated alkanes) is 5. The summed E-state index contributed by atoms with van der Waals surface area (Å²) in [7, 11) is 1.74. The molecule has 0 radical (unpaired) electrons. The molecule has 2 aromatic carbocycles. The minimum absolute atomic E-state index is 0.222. The molecule has 0 saturated carbocycles. The van der Waals surface area contributed by atoms with E-state index in [0.29, 0.717) is 54.4 Å². The van der Waals surface area contributed by atoms with E-state index < -0.39 is 23.6 Å². The third-order valence-electron chi connectivity index (χ3n) is 12.3. The molecule has 13 nitrogen and oxygen atoms in total. The second-order valence-corrected chi connectivity index (χ2v) is 16.0. The van der Waals surface area contributed by atoms with E-state index in [9.17, 15) is 28.0 Å². The second kappa shape index (κ2) is 17.2. The number of aryl methyl sites for hydroxylation is 1. The lowest BCUT2D eigenvalue weighted by Crippen LogP contribution is -2.44. The molecule has 3 aliphatic rings. The summed E-state index contributed by atoms with van der Waals surface area (Å²) in [5.41, 5.74) is 3.64. The first-order chi connectivity index (χ1) is 28.2. The van der Waals surface area contributed by atoms with Gasteiger partial charge in [0.15, 0.2) is 5.65 Å². The molecule has 3 aliphatic heterocycles. The largest absolute Gasteiger partial charge is 0.352 e. The molecule has 6 heterocycles. The Morgan fingerprint density at radius 1 is 0.879 bits per heavy atom. The van der Waals surface area contributed by atoms with Gasteiger partial charge in [0.25, 0.3) is 5.91 Å². The number of imide groups is 1. The van der Waals surface area contributed by atoms with Gasteiger partial charge in [0.2, 0.25) is 11.8 Å². The molecule has 0 spiro atoms. The van der Waals surface area contributed by atoms with E-state index in [0.717, 1.165) is 94.2 Å². The van der Waals surface area contributed by atoms with Gasteiger partial charge in [-0.05, 0) is 112 Å². The van der Waals surface area contributed by atoms with Gasteiger partial charge in [0.05, 0.1) is 23.3 Å². The van der Waals surface area contributed by atoms with E-state index in [2.05, 4.69) is 32.8 Å². The number of nitrogens with zero attached hydrogens (tertiary/aromatic N) is 7. The Bertz CT molecular complexity index is 2380. The van der Waals surface area contributed by atoms with Crippen molar-refractivity contribution >= 4 is 40.2 Å². The average Bonchev–Trinajstić information content (AvgIpc) is 3.95. The van der Waals surface area contributed by atoms with Crippen LogP contribution in [0.5, 0.6) is 0 Å². The Morgan fingerprint density at radius 2 is 1.67 bits per heavy atom. The van der Waals surface area contributed by atoms with Gasteiger partial charge in [-0.2, -0.15) is 5.10 Å². The maximum atomic E-state index is 14.7. The van der Waals surface area contributed by atoms with Gasteiger partial charge in [-0.3, -0.25) is 28.8 Å². The molecule has 2 N–H and O–H groups in total. The number of fused-ring (bicyclic) bond motifs is 2. The quantitative estimate of drug-likeness (QED) is 0.104. The molecule has 58 heavy (non-hydrogen) atoms. The van der Waals surface area contributed by atoms with Crippen molar-refractivity contribution in [3.8, 4) is 0 Å². The van der Waals surface area contributed by atoms with Crippen LogP contribution in [0.4, 0.5) is 14.6 Å². The number of amides is 3. The van der Waals surface area contributed by atoms with Crippen LogP contribution < -0.4 is 21.2 Å². The number of aromatic nitrogens is 5. The molecule has 0 bridgehead atoms. The number of carbonyl (C=O) groups is 3. The second-order valence-electron chi connectivity index (χ2n) is 16.0. The van der Waals surface area contributed by atoms with Crippen LogP contribution in [-0.2, 0) is 16.6 Å². The van der Waals surface area contributed by atoms with Crippen LogP contribution in [0.3, 0.4) is 0 Å². The summed E-state index contributed by atoms with van der Waals surface area (Å²) in [4.78, 5) is 59.8. The van der Waals surface area contributed by atoms with Gasteiger partial charge in [-0.25, -0.2) is 23.1 Å². The predicted molar refractivity (Wildman–Crippen MR) is 216 cm³/mol. The van der Waals surface area contributed by atoms with Crippen LogP contribution in [0.1, 0.15) is 117 Å². The summed E-state index contributed by atoms with van der Waals surface area (Å²) < 4.78 is 33.4. The van der Waals surface area contributed by atoms with Crippen molar-refractivity contribution in [3.63, 3.8) is 0 Å². The number of hydrogen-bond acceptors (Lipinski definition) is 8. The van der Waals surface area contributed by atoms with Gasteiger partial charge in [0, 0.05) is 38.3 Å². The average molecular weight is 796 g/mol. The van der Waals surface area contributed by atoms with Gasteiger partial charge >= 0.3 is 5.69 Å². The SMILES string of the molecule is Cn1c(=O)n(C2CCC(=O)NC2=O)c2ccc(C3CCN(CCCCCCCCNC(=O)c4cnn5ccc(N6CCC[C@@H]6c6cc(F)ccc6F)nc45)CC3)cc21. The number of hydrogen-bond donors (Lipinski definition) is 2. The summed E-state index contributed by atoms with van der Waals surface area (Å²) in [6.07, 6.45) is 13.9. The van der Waals surface area contributed by atoms with E-state index in [1.54, 1.807) is 28.4 Å². The van der Waals surface area contributed by atoms with Gasteiger partial charge in [0.1, 0.15) is 29.1 Å². The number of benzene rings is 2. The molecule has 3 amide bonds. The zero-order valence-corrected chi connectivity index (χ0v) is 33.0. The number of piperidine rings is 2. The fourth-order valence-electron chi connectivity index (χ4n) is 9.13. The Kier molecular flexibility index (Phi) is 11.7. The van der Waals surface area contributed by atoms with Crippen molar-refractivity contribution < 1.29 is 23.2 Å². The highest BCUT2D eigenvalue weighted by Gasteiger charge is 2.32. The molecule has 306 valence electrons. The first-order valence-electron chi connectivity index (χ1n) is 20.8. The maximum absolute atomic E-state index is 14.7. The number of rotatable bonds is 14. The van der Waals surface area contributed by atoms with Crippen molar-refractivity contribution in [1.29, 1.82) is 0 Å². The summed E-state index contributed by atoms with van der Waals surface area (Å²) in [6, 6.07) is 10.5. The molecule has 8 rings (SSSR count). The number of imidazole rings is 1. The molecule has 3 fully saturated rings. The molecular weight excluding hydrogens is 745 g/mol. The highest BCUT2D eigenvalue weighted by molar-refractivity contribution is 6.00. The molecule has 2 atom stereocenters. The number of nitrogens with one attached hydrogen (secondary N) is 2. The standard InChI is InChI=1S/C43H51F2N9O4/c1-50-37-25-29(10-13-35(37)54(43(50)58)36-14-15-39(55)49-42(36)57)28-16-22-51(23-17-28)20-7-5-3-2-4-6-19-46-41(56)32-27-47-53-24-18-38(48-40(32)53)52-21-8-9-34(52)31-26-30(44)11-12-33(31)45/h10-13,18,24-28,34,36H,2-9,14-17,19-23H2,1H3,(H,46,56)(H,49,55,57)/t34-,36?/m1/s1. The Balaban J connectivity index is 0.737. The summed E-state index contributed by atoms with van der Waals surface area (Å²) in [5, 5.41) is 9.71. The van der Waals surface area contributed by atoms with Crippen molar-refractivity contribution in [2.24, 2.45) is 7.05 Å². The number of halogens is 2. The summed E-state index contributed by atoms with van der Waals surface area (Å²) in [6.45, 7) is 4.37. The predicted octanol–water partition coefficient (Wildman–Crippen LogP) is 5.93. The summed E-state index contributed by atoms with van der Waals surface area (Å²) in [5.74, 6) is -0.843. The smallest absolute Gasteiger partial charge is 0.329 e. The topological polar surface area (TPSA) is 139 Å². The zero-order valence-electron chi connectivity index (χ0n) is 33.0. The zero-order chi connectivity index (χ0) is 40.3. The van der Waals surface area contributed by atoms with Gasteiger partial charge in [-0.1, -0.05) is 31.7 Å². The van der Waals surface area contributed by atoms with Crippen LogP contribution in [0.2, 0.25) is 0 Å². The van der Waals surface area contributed by atoms with Crippen LogP contribution in [-0.4, -0.2) is 79.1 Å². The highest BCUT2D eigenvalue weighted by atomic mass is 19.1. The van der Waals surface area contributed by atoms with Crippen molar-refractivity contribution in [3.05, 3.63) is 93.7 Å². The van der Waals surface area contributed by atoms with Gasteiger partial charge < -0.3 is 15.1 Å². The van der Waals surface area contributed by atoms with Crippen LogP contribution in [0, 0.1) is 11.6 Å². The van der Waals surface area contributed by atoms with E-state index in [1.165, 1.54) is 28.8 Å². The lowest BCUT2D eigenvalue weighted by molar-refractivity contribution is -0.135. The highest BCUT2D eigenvalue weighted by Crippen LogP contribution is 2.37. The van der Waals surface area contributed by atoms with Crippen LogP contribution in [0.25, 0.3) is 16.7 Å². The van der Waals surface area contributed by atoms with E-state index >= 15 is 0 Å². The lowest BCUT2D eigenvalue weighted by atomic mass is 9.89. The van der Waals surface area contributed by atoms with Crippen LogP contribution >= 0.6 is 0 Å². The Hall–Kier alpha value is -5.44. The van der Waals surface area contributed by atoms with Crippen LogP contribution in [0.15, 0.2) is 59.7 Å². The fourth-order valence-corrected chi connectivity index (χ4v) is 9.13. The minimum Gasteiger partial charge on any atom is -0.352 e. The van der Waals surface area contributed by atoms with Gasteiger partial charge in [-0.15, -0.1) is 0 Å². The first kappa shape index (κ1) is 39.4. The monoisotopic (exact) mass is 795 g/mol. The molecule has 15 heteroatoms. The fraction of sp³-hybridized carbons (Fsp3) is 0.488. The maximum Gasteiger partial charge on any atom is 0.329 e. The number of likely N-dealkylation sites (tertiary alicyclic amines) is 1. The van der Waals surface area contributed by atoms with Crippen molar-refractivity contribution in [2.75, 3.05) is 37.6 Å². The van der Waals surface area contributed by atoms with E-state index in [1.807, 2.05) is 11.0 Å². The van der Waals surface area contributed by atoms with Crippen molar-refractivity contribution in [1.82, 2.24) is 39.3 Å². The number of anilines is 1. The molecule has 5 aromatic rings. The first-order valence-corrected chi connectivity index (χ1v) is 20.8. The summed E-state index contributed by atoms with van der Waals surface area (Å²) >= 11 is 0. The van der Waals surface area contributed by atoms with Crippen molar-refractivity contribution in [2.45, 2.75) is 95.1 Å². The third kappa shape index (κ3) is 8.13. The molecular formula is C43H51F2N9O4. The Morgan fingerprint density at radius 3 is 2.48 bits per heavy atom. The lowest BCUT2D eigenvalue weighted by Gasteiger charge is -2.32. The molecule has 1 unspecified atom stereocenters. The normalized spacial score (nSPS) is 19.4. The molecule has 3 aromatic heterocycles. The van der Waals surface area contributed by atoms with E-state index in [4.69, 9.17) is 4.98 Å². The molecule has 0 aliphatic carbocycles. The number of carbonyl (C=O) groups excluding carboxylic acids is 3. The molecule has 3 saturated heterocycles. The minimum atomic E-state index is -0.679. The third-order valence-corrected chi connectivity index (χ3v) is 12.3. The van der Waals surface area contributed by atoms with E-state index in [-0.39, 0.29) is 30.0 Å². The Labute approximate surface area is 335 Å².